The molecule has 3 rings (SSSR count). The monoisotopic (exact) mass is 352 g/mol. The number of carbonyl (C=O) groups excluding carboxylic acids is 1. The summed E-state index contributed by atoms with van der Waals surface area (Å²) in [6, 6.07) is 18.9. The Morgan fingerprint density at radius 3 is 2.52 bits per heavy atom. The van der Waals surface area contributed by atoms with E-state index in [-0.39, 0.29) is 5.91 Å². The number of halogens is 1. The van der Waals surface area contributed by atoms with E-state index in [2.05, 4.69) is 20.6 Å². The van der Waals surface area contributed by atoms with Crippen LogP contribution < -0.4 is 10.6 Å². The zero-order valence-corrected chi connectivity index (χ0v) is 14.2. The summed E-state index contributed by atoms with van der Waals surface area (Å²) < 4.78 is 0. The number of hydrogen-bond acceptors (Lipinski definition) is 4. The van der Waals surface area contributed by atoms with Gasteiger partial charge >= 0.3 is 0 Å². The maximum Gasteiger partial charge on any atom is 0.270 e. The molecule has 0 atom stereocenters. The minimum absolute atomic E-state index is 0.225. The van der Waals surface area contributed by atoms with E-state index in [0.717, 1.165) is 12.1 Å². The molecular weight excluding hydrogens is 336 g/mol. The molecular formula is C19H17ClN4O. The van der Waals surface area contributed by atoms with E-state index in [1.807, 2.05) is 42.5 Å². The first-order chi connectivity index (χ1) is 12.2. The van der Waals surface area contributed by atoms with Crippen molar-refractivity contribution in [3.63, 3.8) is 0 Å². The van der Waals surface area contributed by atoms with Gasteiger partial charge in [-0.05, 0) is 36.2 Å². The molecule has 1 aromatic heterocycles. The molecule has 0 radical (unpaired) electrons. The highest BCUT2D eigenvalue weighted by atomic mass is 35.5. The van der Waals surface area contributed by atoms with Gasteiger partial charge in [0.2, 0.25) is 0 Å². The third kappa shape index (κ3) is 5.02. The van der Waals surface area contributed by atoms with Crippen LogP contribution in [0.5, 0.6) is 0 Å². The first-order valence-corrected chi connectivity index (χ1v) is 8.25. The van der Waals surface area contributed by atoms with Crippen molar-refractivity contribution in [2.24, 2.45) is 0 Å². The molecule has 2 aromatic carbocycles. The quantitative estimate of drug-likeness (QED) is 0.707. The summed E-state index contributed by atoms with van der Waals surface area (Å²) in [4.78, 5) is 20.4. The average molecular weight is 353 g/mol. The fourth-order valence-electron chi connectivity index (χ4n) is 2.29. The second kappa shape index (κ2) is 8.26. The predicted octanol–water partition coefficient (Wildman–Crippen LogP) is 3.85. The van der Waals surface area contributed by atoms with Crippen LogP contribution in [0.1, 0.15) is 16.1 Å². The smallest absolute Gasteiger partial charge is 0.270 e. The van der Waals surface area contributed by atoms with Gasteiger partial charge in [-0.3, -0.25) is 4.79 Å². The molecule has 3 aromatic rings. The van der Waals surface area contributed by atoms with Crippen molar-refractivity contribution in [3.8, 4) is 0 Å². The first kappa shape index (κ1) is 16.9. The SMILES string of the molecule is O=C(NCCc1ccccc1)c1cc(Nc2ccc(Cl)cc2)ncn1. The molecule has 6 heteroatoms. The predicted molar refractivity (Wildman–Crippen MR) is 99.2 cm³/mol. The number of amides is 1. The zero-order chi connectivity index (χ0) is 17.5. The number of hydrogen-bond donors (Lipinski definition) is 2. The van der Waals surface area contributed by atoms with Crippen molar-refractivity contribution < 1.29 is 4.79 Å². The van der Waals surface area contributed by atoms with Crippen molar-refractivity contribution in [1.29, 1.82) is 0 Å². The lowest BCUT2D eigenvalue weighted by Crippen LogP contribution is -2.26. The highest BCUT2D eigenvalue weighted by Crippen LogP contribution is 2.17. The summed E-state index contributed by atoms with van der Waals surface area (Å²) in [6.07, 6.45) is 2.14. The lowest BCUT2D eigenvalue weighted by atomic mass is 10.1. The Kier molecular flexibility index (Phi) is 5.59. The lowest BCUT2D eigenvalue weighted by molar-refractivity contribution is 0.0949. The lowest BCUT2D eigenvalue weighted by Gasteiger charge is -2.08. The molecule has 25 heavy (non-hydrogen) atoms. The fourth-order valence-corrected chi connectivity index (χ4v) is 2.41. The zero-order valence-electron chi connectivity index (χ0n) is 13.4. The van der Waals surface area contributed by atoms with Crippen LogP contribution in [0, 0.1) is 0 Å². The molecule has 0 aliphatic carbocycles. The van der Waals surface area contributed by atoms with Gasteiger partial charge in [0, 0.05) is 23.3 Å². The number of nitrogens with zero attached hydrogens (tertiary/aromatic N) is 2. The Morgan fingerprint density at radius 1 is 1.00 bits per heavy atom. The normalized spacial score (nSPS) is 10.3. The molecule has 1 amide bonds. The number of rotatable bonds is 6. The highest BCUT2D eigenvalue weighted by molar-refractivity contribution is 6.30. The van der Waals surface area contributed by atoms with E-state index in [0.29, 0.717) is 23.1 Å². The van der Waals surface area contributed by atoms with Gasteiger partial charge in [-0.25, -0.2) is 9.97 Å². The molecule has 0 aliphatic rings. The van der Waals surface area contributed by atoms with Crippen molar-refractivity contribution >= 4 is 29.0 Å². The van der Waals surface area contributed by atoms with Crippen molar-refractivity contribution in [1.82, 2.24) is 15.3 Å². The first-order valence-electron chi connectivity index (χ1n) is 7.87. The maximum absolute atomic E-state index is 12.2. The fraction of sp³-hybridized carbons (Fsp3) is 0.105. The van der Waals surface area contributed by atoms with Gasteiger partial charge in [-0.1, -0.05) is 41.9 Å². The van der Waals surface area contributed by atoms with Gasteiger partial charge < -0.3 is 10.6 Å². The second-order valence-corrected chi connectivity index (χ2v) is 5.85. The van der Waals surface area contributed by atoms with Crippen molar-refractivity contribution in [3.05, 3.63) is 83.3 Å². The van der Waals surface area contributed by atoms with E-state index in [1.165, 1.54) is 11.9 Å². The molecule has 0 unspecified atom stereocenters. The second-order valence-electron chi connectivity index (χ2n) is 5.41. The number of benzene rings is 2. The molecule has 0 fully saturated rings. The molecule has 1 heterocycles. The number of aromatic nitrogens is 2. The highest BCUT2D eigenvalue weighted by Gasteiger charge is 2.08. The van der Waals surface area contributed by atoms with E-state index < -0.39 is 0 Å². The van der Waals surface area contributed by atoms with Gasteiger partial charge in [0.25, 0.3) is 5.91 Å². The molecule has 5 nitrogen and oxygen atoms in total. The summed E-state index contributed by atoms with van der Waals surface area (Å²) >= 11 is 5.87. The third-order valence-electron chi connectivity index (χ3n) is 3.56. The molecule has 126 valence electrons. The van der Waals surface area contributed by atoms with E-state index in [4.69, 9.17) is 11.6 Å². The summed E-state index contributed by atoms with van der Waals surface area (Å²) in [5.41, 5.74) is 2.33. The maximum atomic E-state index is 12.2. The minimum atomic E-state index is -0.225. The largest absolute Gasteiger partial charge is 0.350 e. The Balaban J connectivity index is 1.58. The van der Waals surface area contributed by atoms with Crippen molar-refractivity contribution in [2.75, 3.05) is 11.9 Å². The molecule has 0 spiro atoms. The minimum Gasteiger partial charge on any atom is -0.350 e. The van der Waals surface area contributed by atoms with E-state index >= 15 is 0 Å². The van der Waals surface area contributed by atoms with Crippen LogP contribution in [0.3, 0.4) is 0 Å². The van der Waals surface area contributed by atoms with E-state index in [9.17, 15) is 4.79 Å². The number of carbonyl (C=O) groups is 1. The Bertz CT molecular complexity index is 838. The molecule has 0 aliphatic heterocycles. The topological polar surface area (TPSA) is 66.9 Å². The van der Waals surface area contributed by atoms with Crippen LogP contribution in [0.15, 0.2) is 67.0 Å². The summed E-state index contributed by atoms with van der Waals surface area (Å²) in [5.74, 6) is 0.322. The Hall–Kier alpha value is -2.92. The van der Waals surface area contributed by atoms with E-state index in [1.54, 1.807) is 18.2 Å². The average Bonchev–Trinajstić information content (AvgIpc) is 2.65. The van der Waals surface area contributed by atoms with Gasteiger partial charge in [-0.15, -0.1) is 0 Å². The van der Waals surface area contributed by atoms with Gasteiger partial charge in [0.15, 0.2) is 0 Å². The Morgan fingerprint density at radius 2 is 1.76 bits per heavy atom. The van der Waals surface area contributed by atoms with Gasteiger partial charge in [-0.2, -0.15) is 0 Å². The van der Waals surface area contributed by atoms with Crippen LogP contribution in [-0.2, 0) is 6.42 Å². The van der Waals surface area contributed by atoms with Crippen LogP contribution in [0.2, 0.25) is 5.02 Å². The van der Waals surface area contributed by atoms with Crippen molar-refractivity contribution in [2.45, 2.75) is 6.42 Å². The van der Waals surface area contributed by atoms with Crippen LogP contribution in [0.25, 0.3) is 0 Å². The number of anilines is 2. The van der Waals surface area contributed by atoms with Gasteiger partial charge in [0.05, 0.1) is 0 Å². The molecule has 0 saturated heterocycles. The van der Waals surface area contributed by atoms with Crippen LogP contribution in [0.4, 0.5) is 11.5 Å². The van der Waals surface area contributed by atoms with Crippen LogP contribution >= 0.6 is 11.6 Å². The summed E-state index contributed by atoms with van der Waals surface area (Å²) in [5, 5.41) is 6.65. The third-order valence-corrected chi connectivity index (χ3v) is 3.81. The summed E-state index contributed by atoms with van der Waals surface area (Å²) in [7, 11) is 0. The standard InChI is InChI=1S/C19H17ClN4O/c20-15-6-8-16(9-7-15)24-18-12-17(22-13-23-18)19(25)21-11-10-14-4-2-1-3-5-14/h1-9,12-13H,10-11H2,(H,21,25)(H,22,23,24). The number of nitrogens with one attached hydrogen (secondary N) is 2. The molecule has 0 saturated carbocycles. The Labute approximate surface area is 151 Å². The van der Waals surface area contributed by atoms with Gasteiger partial charge in [0.1, 0.15) is 17.8 Å². The van der Waals surface area contributed by atoms with Crippen LogP contribution in [-0.4, -0.2) is 22.4 Å². The molecule has 2 N–H and O–H groups in total. The molecule has 0 bridgehead atoms. The summed E-state index contributed by atoms with van der Waals surface area (Å²) in [6.45, 7) is 0.548.